The van der Waals surface area contributed by atoms with Crippen molar-refractivity contribution in [3.05, 3.63) is 48.3 Å². The van der Waals surface area contributed by atoms with Crippen molar-refractivity contribution < 1.29 is 4.79 Å². The third kappa shape index (κ3) is 2.76. The second kappa shape index (κ2) is 4.88. The van der Waals surface area contributed by atoms with E-state index in [1.165, 1.54) is 11.8 Å². The number of amides is 1. The Kier molecular flexibility index (Phi) is 3.30. The molecular formula is C12H11N3OS. The number of benzene rings is 1. The van der Waals surface area contributed by atoms with E-state index in [9.17, 15) is 4.79 Å². The Morgan fingerprint density at radius 1 is 1.18 bits per heavy atom. The fraction of sp³-hybridized carbons (Fsp3) is 0. The monoisotopic (exact) mass is 245 g/mol. The summed E-state index contributed by atoms with van der Waals surface area (Å²) >= 11 is 1.52. The van der Waals surface area contributed by atoms with Gasteiger partial charge in [0.05, 0.1) is 0 Å². The Morgan fingerprint density at radius 2 is 1.88 bits per heavy atom. The number of rotatable bonds is 3. The van der Waals surface area contributed by atoms with Crippen molar-refractivity contribution in [1.82, 2.24) is 4.98 Å². The van der Waals surface area contributed by atoms with Crippen LogP contribution >= 0.6 is 11.8 Å². The average Bonchev–Trinajstić information content (AvgIpc) is 2.33. The molecule has 17 heavy (non-hydrogen) atoms. The third-order valence-electron chi connectivity index (χ3n) is 2.17. The molecule has 1 heterocycles. The van der Waals surface area contributed by atoms with Crippen LogP contribution in [0.25, 0.3) is 0 Å². The number of hydrogen-bond donors (Lipinski definition) is 2. The first-order valence-electron chi connectivity index (χ1n) is 4.94. The first-order chi connectivity index (χ1) is 8.16. The highest BCUT2D eigenvalue weighted by Gasteiger charge is 2.06. The molecule has 4 nitrogen and oxygen atoms in total. The number of carbonyl (C=O) groups excluding carboxylic acids is 1. The zero-order valence-corrected chi connectivity index (χ0v) is 9.78. The van der Waals surface area contributed by atoms with E-state index in [0.29, 0.717) is 11.3 Å². The summed E-state index contributed by atoms with van der Waals surface area (Å²) in [5.74, 6) is -0.475. The lowest BCUT2D eigenvalue weighted by molar-refractivity contribution is 0.100. The largest absolute Gasteiger partial charge is 0.398 e. The standard InChI is InChI=1S/C12H11N3OS/c13-10-7-8(12(14)16)1-2-11(10)17-9-3-5-15-6-4-9/h1-7H,13H2,(H2,14,16). The summed E-state index contributed by atoms with van der Waals surface area (Å²) in [6.07, 6.45) is 3.44. The summed E-state index contributed by atoms with van der Waals surface area (Å²) in [5, 5.41) is 0. The van der Waals surface area contributed by atoms with Crippen LogP contribution in [0, 0.1) is 0 Å². The van der Waals surface area contributed by atoms with E-state index in [-0.39, 0.29) is 0 Å². The van der Waals surface area contributed by atoms with Gasteiger partial charge in [0.1, 0.15) is 0 Å². The molecule has 2 rings (SSSR count). The summed E-state index contributed by atoms with van der Waals surface area (Å²) in [4.78, 5) is 16.8. The normalized spacial score (nSPS) is 10.1. The molecular weight excluding hydrogens is 234 g/mol. The number of hydrogen-bond acceptors (Lipinski definition) is 4. The highest BCUT2D eigenvalue weighted by molar-refractivity contribution is 7.99. The molecule has 5 heteroatoms. The van der Waals surface area contributed by atoms with Gasteiger partial charge in [-0.15, -0.1) is 0 Å². The molecule has 0 aliphatic carbocycles. The summed E-state index contributed by atoms with van der Waals surface area (Å²) < 4.78 is 0. The minimum absolute atomic E-state index is 0.418. The molecule has 4 N–H and O–H groups in total. The summed E-state index contributed by atoms with van der Waals surface area (Å²) in [7, 11) is 0. The first-order valence-corrected chi connectivity index (χ1v) is 5.75. The van der Waals surface area contributed by atoms with E-state index in [1.807, 2.05) is 12.1 Å². The van der Waals surface area contributed by atoms with Gasteiger partial charge in [0, 0.05) is 33.4 Å². The van der Waals surface area contributed by atoms with Crippen LogP contribution in [0.5, 0.6) is 0 Å². The molecule has 2 aromatic rings. The molecule has 0 aliphatic heterocycles. The second-order valence-electron chi connectivity index (χ2n) is 3.40. The number of nitrogens with two attached hydrogens (primary N) is 2. The van der Waals surface area contributed by atoms with E-state index < -0.39 is 5.91 Å². The molecule has 0 saturated carbocycles. The third-order valence-corrected chi connectivity index (χ3v) is 3.27. The van der Waals surface area contributed by atoms with E-state index >= 15 is 0 Å². The lowest BCUT2D eigenvalue weighted by Gasteiger charge is -2.06. The molecule has 0 bridgehead atoms. The topological polar surface area (TPSA) is 82.0 Å². The van der Waals surface area contributed by atoms with Gasteiger partial charge in [-0.25, -0.2) is 0 Å². The maximum absolute atomic E-state index is 11.0. The highest BCUT2D eigenvalue weighted by atomic mass is 32.2. The van der Waals surface area contributed by atoms with Crippen LogP contribution < -0.4 is 11.5 Å². The lowest BCUT2D eigenvalue weighted by atomic mass is 10.2. The van der Waals surface area contributed by atoms with Gasteiger partial charge in [0.2, 0.25) is 5.91 Å². The molecule has 0 radical (unpaired) electrons. The molecule has 86 valence electrons. The van der Waals surface area contributed by atoms with Gasteiger partial charge in [0.25, 0.3) is 0 Å². The highest BCUT2D eigenvalue weighted by Crippen LogP contribution is 2.31. The van der Waals surface area contributed by atoms with Gasteiger partial charge in [0.15, 0.2) is 0 Å². The molecule has 1 aromatic carbocycles. The van der Waals surface area contributed by atoms with Crippen LogP contribution in [0.4, 0.5) is 5.69 Å². The number of nitrogen functional groups attached to an aromatic ring is 1. The number of primary amides is 1. The van der Waals surface area contributed by atoms with Gasteiger partial charge >= 0.3 is 0 Å². The molecule has 0 saturated heterocycles. The molecule has 0 spiro atoms. The number of pyridine rings is 1. The minimum Gasteiger partial charge on any atom is -0.398 e. The van der Waals surface area contributed by atoms with Gasteiger partial charge in [-0.05, 0) is 30.3 Å². The summed E-state index contributed by atoms with van der Waals surface area (Å²) in [5.41, 5.74) is 12.0. The van der Waals surface area contributed by atoms with Crippen molar-refractivity contribution >= 4 is 23.4 Å². The van der Waals surface area contributed by atoms with Gasteiger partial charge in [-0.3, -0.25) is 9.78 Å². The van der Waals surface area contributed by atoms with Gasteiger partial charge < -0.3 is 11.5 Å². The fourth-order valence-corrected chi connectivity index (χ4v) is 2.15. The first kappa shape index (κ1) is 11.5. The number of carbonyl (C=O) groups is 1. The summed E-state index contributed by atoms with van der Waals surface area (Å²) in [6, 6.07) is 8.84. The smallest absolute Gasteiger partial charge is 0.248 e. The number of anilines is 1. The molecule has 0 fully saturated rings. The van der Waals surface area contributed by atoms with E-state index in [2.05, 4.69) is 4.98 Å². The quantitative estimate of drug-likeness (QED) is 0.809. The predicted octanol–water partition coefficient (Wildman–Crippen LogP) is 1.91. The predicted molar refractivity (Wildman–Crippen MR) is 67.7 cm³/mol. The molecule has 1 amide bonds. The number of nitrogens with zero attached hydrogens (tertiary/aromatic N) is 1. The van der Waals surface area contributed by atoms with Crippen LogP contribution in [-0.2, 0) is 0 Å². The maximum Gasteiger partial charge on any atom is 0.248 e. The molecule has 0 atom stereocenters. The van der Waals surface area contributed by atoms with Crippen molar-refractivity contribution in [2.45, 2.75) is 9.79 Å². The van der Waals surface area contributed by atoms with Crippen molar-refractivity contribution in [3.8, 4) is 0 Å². The molecule has 0 unspecified atom stereocenters. The molecule has 0 aliphatic rings. The van der Waals surface area contributed by atoms with Crippen LogP contribution in [-0.4, -0.2) is 10.9 Å². The van der Waals surface area contributed by atoms with Crippen LogP contribution in [0.2, 0.25) is 0 Å². The van der Waals surface area contributed by atoms with Crippen molar-refractivity contribution in [3.63, 3.8) is 0 Å². The zero-order valence-electron chi connectivity index (χ0n) is 8.96. The van der Waals surface area contributed by atoms with Crippen LogP contribution in [0.1, 0.15) is 10.4 Å². The van der Waals surface area contributed by atoms with Crippen LogP contribution in [0.3, 0.4) is 0 Å². The Hall–Kier alpha value is -2.01. The Morgan fingerprint density at radius 3 is 2.47 bits per heavy atom. The Bertz CT molecular complexity index is 543. The van der Waals surface area contributed by atoms with E-state index in [0.717, 1.165) is 9.79 Å². The number of aromatic nitrogens is 1. The van der Waals surface area contributed by atoms with Crippen LogP contribution in [0.15, 0.2) is 52.5 Å². The minimum atomic E-state index is -0.475. The van der Waals surface area contributed by atoms with Gasteiger partial charge in [-0.2, -0.15) is 0 Å². The maximum atomic E-state index is 11.0. The second-order valence-corrected chi connectivity index (χ2v) is 4.52. The van der Waals surface area contributed by atoms with Crippen molar-refractivity contribution in [1.29, 1.82) is 0 Å². The zero-order chi connectivity index (χ0) is 12.3. The van der Waals surface area contributed by atoms with Crippen molar-refractivity contribution in [2.24, 2.45) is 5.73 Å². The van der Waals surface area contributed by atoms with Gasteiger partial charge in [-0.1, -0.05) is 11.8 Å². The SMILES string of the molecule is NC(=O)c1ccc(Sc2ccncc2)c(N)c1. The molecule has 1 aromatic heterocycles. The van der Waals surface area contributed by atoms with E-state index in [4.69, 9.17) is 11.5 Å². The summed E-state index contributed by atoms with van der Waals surface area (Å²) in [6.45, 7) is 0. The van der Waals surface area contributed by atoms with Crippen molar-refractivity contribution in [2.75, 3.05) is 5.73 Å². The lowest BCUT2D eigenvalue weighted by Crippen LogP contribution is -2.11. The Balaban J connectivity index is 2.26. The average molecular weight is 245 g/mol. The Labute approximate surface area is 103 Å². The fourth-order valence-electron chi connectivity index (χ4n) is 1.33. The van der Waals surface area contributed by atoms with E-state index in [1.54, 1.807) is 30.6 Å².